The number of rotatable bonds is 4. The molecule has 0 spiro atoms. The lowest BCUT2D eigenvalue weighted by atomic mass is 10.00. The number of sulfonamides is 1. The number of anilines is 1. The number of amides is 2. The van der Waals surface area contributed by atoms with Gasteiger partial charge in [-0.05, 0) is 48.6 Å². The van der Waals surface area contributed by atoms with E-state index < -0.39 is 10.0 Å². The minimum Gasteiger partial charge on any atom is -0.336 e. The summed E-state index contributed by atoms with van der Waals surface area (Å²) < 4.78 is 27.9. The summed E-state index contributed by atoms with van der Waals surface area (Å²) in [5, 5.41) is 0. The van der Waals surface area contributed by atoms with Crippen LogP contribution >= 0.6 is 11.8 Å². The maximum absolute atomic E-state index is 13.2. The molecule has 5 rings (SSSR count). The van der Waals surface area contributed by atoms with Crippen LogP contribution in [0.5, 0.6) is 0 Å². The van der Waals surface area contributed by atoms with Crippen LogP contribution in [0.3, 0.4) is 0 Å². The van der Waals surface area contributed by atoms with Crippen molar-refractivity contribution >= 4 is 39.3 Å². The molecule has 7 nitrogen and oxygen atoms in total. The van der Waals surface area contributed by atoms with Crippen LogP contribution in [0.1, 0.15) is 30.4 Å². The third kappa shape index (κ3) is 4.41. The fraction of sp³-hybridized carbons (Fsp3) is 0.417. The SMILES string of the molecule is O=C(CN1C(=O)CSc2ccc(S(=O)(=O)N3CCCCC3)cc21)N1CCc2ccccc2C1. The highest BCUT2D eigenvalue weighted by molar-refractivity contribution is 8.00. The third-order valence-electron chi connectivity index (χ3n) is 6.60. The Labute approximate surface area is 198 Å². The number of nitrogens with zero attached hydrogens (tertiary/aromatic N) is 3. The number of carbonyl (C=O) groups excluding carboxylic acids is 2. The van der Waals surface area contributed by atoms with Crippen LogP contribution in [0.25, 0.3) is 0 Å². The molecule has 33 heavy (non-hydrogen) atoms. The molecule has 174 valence electrons. The molecule has 2 aromatic rings. The van der Waals surface area contributed by atoms with Gasteiger partial charge in [0.15, 0.2) is 0 Å². The summed E-state index contributed by atoms with van der Waals surface area (Å²) >= 11 is 1.38. The molecular formula is C24H27N3O4S2. The highest BCUT2D eigenvalue weighted by atomic mass is 32.2. The van der Waals surface area contributed by atoms with Gasteiger partial charge >= 0.3 is 0 Å². The number of benzene rings is 2. The predicted octanol–water partition coefficient (Wildman–Crippen LogP) is 2.88. The van der Waals surface area contributed by atoms with Gasteiger partial charge in [-0.25, -0.2) is 8.42 Å². The minimum absolute atomic E-state index is 0.0816. The Kier molecular flexibility index (Phi) is 6.20. The molecular weight excluding hydrogens is 458 g/mol. The Bertz CT molecular complexity index is 1190. The molecule has 3 aliphatic heterocycles. The molecule has 0 saturated carbocycles. The van der Waals surface area contributed by atoms with Crippen LogP contribution in [0.4, 0.5) is 5.69 Å². The van der Waals surface area contributed by atoms with Gasteiger partial charge in [-0.1, -0.05) is 30.7 Å². The van der Waals surface area contributed by atoms with Crippen molar-refractivity contribution in [1.29, 1.82) is 0 Å². The van der Waals surface area contributed by atoms with Crippen molar-refractivity contribution in [2.24, 2.45) is 0 Å². The van der Waals surface area contributed by atoms with Gasteiger partial charge in [-0.2, -0.15) is 4.31 Å². The maximum Gasteiger partial charge on any atom is 0.243 e. The topological polar surface area (TPSA) is 78.0 Å². The van der Waals surface area contributed by atoms with Crippen LogP contribution < -0.4 is 4.90 Å². The van der Waals surface area contributed by atoms with E-state index in [2.05, 4.69) is 6.07 Å². The number of fused-ring (bicyclic) bond motifs is 2. The first-order valence-corrected chi connectivity index (χ1v) is 13.8. The van der Waals surface area contributed by atoms with Gasteiger partial charge in [-0.3, -0.25) is 9.59 Å². The van der Waals surface area contributed by atoms with Gasteiger partial charge in [-0.15, -0.1) is 11.8 Å². The van der Waals surface area contributed by atoms with E-state index in [0.29, 0.717) is 31.9 Å². The second kappa shape index (κ2) is 9.12. The lowest BCUT2D eigenvalue weighted by Crippen LogP contribution is -2.46. The highest BCUT2D eigenvalue weighted by Crippen LogP contribution is 2.37. The molecule has 3 heterocycles. The Morgan fingerprint density at radius 2 is 1.73 bits per heavy atom. The first kappa shape index (κ1) is 22.4. The van der Waals surface area contributed by atoms with E-state index in [4.69, 9.17) is 0 Å². The zero-order valence-electron chi connectivity index (χ0n) is 18.4. The first-order chi connectivity index (χ1) is 15.9. The average Bonchev–Trinajstić information content (AvgIpc) is 2.85. The number of carbonyl (C=O) groups is 2. The second-order valence-electron chi connectivity index (χ2n) is 8.70. The lowest BCUT2D eigenvalue weighted by molar-refractivity contribution is -0.132. The van der Waals surface area contributed by atoms with Crippen molar-refractivity contribution in [2.45, 2.75) is 42.0 Å². The monoisotopic (exact) mass is 485 g/mol. The molecule has 1 fully saturated rings. The molecule has 0 N–H and O–H groups in total. The zero-order chi connectivity index (χ0) is 23.0. The average molecular weight is 486 g/mol. The number of thioether (sulfide) groups is 1. The Balaban J connectivity index is 1.39. The molecule has 0 bridgehead atoms. The predicted molar refractivity (Wildman–Crippen MR) is 128 cm³/mol. The lowest BCUT2D eigenvalue weighted by Gasteiger charge is -2.33. The quantitative estimate of drug-likeness (QED) is 0.666. The summed E-state index contributed by atoms with van der Waals surface area (Å²) in [6.07, 6.45) is 3.55. The van der Waals surface area contributed by atoms with Gasteiger partial charge in [0.2, 0.25) is 21.8 Å². The van der Waals surface area contributed by atoms with Crippen molar-refractivity contribution in [1.82, 2.24) is 9.21 Å². The molecule has 3 aliphatic rings. The molecule has 2 amide bonds. The molecule has 0 atom stereocenters. The van der Waals surface area contributed by atoms with Crippen molar-refractivity contribution < 1.29 is 18.0 Å². The standard InChI is InChI=1S/C24H27N3O4S2/c28-23(25-13-10-18-6-2-3-7-19(18)15-25)16-27-21-14-20(8-9-22(21)32-17-24(27)29)33(30,31)26-11-4-1-5-12-26/h2-3,6-9,14H,1,4-5,10-13,15-17H2. The Hall–Kier alpha value is -2.36. The first-order valence-electron chi connectivity index (χ1n) is 11.4. The van der Waals surface area contributed by atoms with Gasteiger partial charge < -0.3 is 9.80 Å². The highest BCUT2D eigenvalue weighted by Gasteiger charge is 2.32. The number of hydrogen-bond acceptors (Lipinski definition) is 5. The molecule has 1 saturated heterocycles. The third-order valence-corrected chi connectivity index (χ3v) is 9.55. The van der Waals surface area contributed by atoms with E-state index in [1.165, 1.54) is 26.5 Å². The normalized spacial score (nSPS) is 19.2. The van der Waals surface area contributed by atoms with E-state index >= 15 is 0 Å². The molecule has 0 radical (unpaired) electrons. The zero-order valence-corrected chi connectivity index (χ0v) is 20.0. The fourth-order valence-corrected chi connectivity index (χ4v) is 7.17. The van der Waals surface area contributed by atoms with Crippen LogP contribution in [0.2, 0.25) is 0 Å². The van der Waals surface area contributed by atoms with E-state index in [0.717, 1.165) is 36.1 Å². The molecule has 0 aromatic heterocycles. The molecule has 0 unspecified atom stereocenters. The number of hydrogen-bond donors (Lipinski definition) is 0. The summed E-state index contributed by atoms with van der Waals surface area (Å²) in [6.45, 7) is 2.10. The van der Waals surface area contributed by atoms with Crippen LogP contribution in [0, 0.1) is 0 Å². The summed E-state index contributed by atoms with van der Waals surface area (Å²) in [5.41, 5.74) is 2.90. The second-order valence-corrected chi connectivity index (χ2v) is 11.7. The van der Waals surface area contributed by atoms with Gasteiger partial charge in [0, 0.05) is 31.1 Å². The Morgan fingerprint density at radius 3 is 2.52 bits per heavy atom. The molecule has 0 aliphatic carbocycles. The van der Waals surface area contributed by atoms with Gasteiger partial charge in [0.05, 0.1) is 16.3 Å². The van der Waals surface area contributed by atoms with Crippen molar-refractivity contribution in [2.75, 3.05) is 36.8 Å². The van der Waals surface area contributed by atoms with Gasteiger partial charge in [0.25, 0.3) is 0 Å². The smallest absolute Gasteiger partial charge is 0.243 e. The van der Waals surface area contributed by atoms with E-state index in [1.54, 1.807) is 23.1 Å². The van der Waals surface area contributed by atoms with Crippen molar-refractivity contribution in [3.05, 3.63) is 53.6 Å². The minimum atomic E-state index is -3.63. The number of piperidine rings is 1. The molecule has 2 aromatic carbocycles. The maximum atomic E-state index is 13.2. The summed E-state index contributed by atoms with van der Waals surface area (Å²) in [7, 11) is -3.63. The van der Waals surface area contributed by atoms with Gasteiger partial charge in [0.1, 0.15) is 6.54 Å². The van der Waals surface area contributed by atoms with Crippen LogP contribution in [0.15, 0.2) is 52.3 Å². The Morgan fingerprint density at radius 1 is 0.970 bits per heavy atom. The van der Waals surface area contributed by atoms with Crippen LogP contribution in [-0.4, -0.2) is 61.4 Å². The summed E-state index contributed by atoms with van der Waals surface area (Å²) in [6, 6.07) is 13.0. The van der Waals surface area contributed by atoms with E-state index in [9.17, 15) is 18.0 Å². The van der Waals surface area contributed by atoms with Crippen molar-refractivity contribution in [3.8, 4) is 0 Å². The fourth-order valence-electron chi connectivity index (χ4n) is 4.71. The van der Waals surface area contributed by atoms with Crippen LogP contribution in [-0.2, 0) is 32.6 Å². The molecule has 9 heteroatoms. The summed E-state index contributed by atoms with van der Waals surface area (Å²) in [5.74, 6) is -0.0628. The van der Waals surface area contributed by atoms with E-state index in [1.807, 2.05) is 18.2 Å². The van der Waals surface area contributed by atoms with E-state index in [-0.39, 0.29) is 29.0 Å². The summed E-state index contributed by atoms with van der Waals surface area (Å²) in [4.78, 5) is 30.2. The van der Waals surface area contributed by atoms with Crippen molar-refractivity contribution in [3.63, 3.8) is 0 Å². The largest absolute Gasteiger partial charge is 0.336 e.